The molecule has 24 heavy (non-hydrogen) atoms. The lowest BCUT2D eigenvalue weighted by atomic mass is 9.67. The zero-order valence-corrected chi connectivity index (χ0v) is 14.4. The largest absolute Gasteiger partial charge is 0.423 e. The van der Waals surface area contributed by atoms with Crippen LogP contribution in [-0.4, -0.2) is 40.7 Å². The highest BCUT2D eigenvalue weighted by molar-refractivity contribution is 5.79. The van der Waals surface area contributed by atoms with Crippen molar-refractivity contribution in [3.63, 3.8) is 0 Å². The van der Waals surface area contributed by atoms with Gasteiger partial charge in [-0.15, -0.1) is 10.2 Å². The molecule has 6 nitrogen and oxygen atoms in total. The molecule has 2 heterocycles. The Hall–Kier alpha value is -1.43. The molecule has 0 spiro atoms. The van der Waals surface area contributed by atoms with E-state index >= 15 is 0 Å². The van der Waals surface area contributed by atoms with Gasteiger partial charge in [-0.2, -0.15) is 0 Å². The van der Waals surface area contributed by atoms with Gasteiger partial charge in [0.1, 0.15) is 0 Å². The summed E-state index contributed by atoms with van der Waals surface area (Å²) < 4.78 is 11.2. The molecule has 0 unspecified atom stereocenters. The van der Waals surface area contributed by atoms with Gasteiger partial charge in [0, 0.05) is 19.4 Å². The molecule has 2 aliphatic carbocycles. The molecular formula is C18H27N3O3. The summed E-state index contributed by atoms with van der Waals surface area (Å²) in [6.45, 7) is 3.51. The lowest BCUT2D eigenvalue weighted by molar-refractivity contribution is -0.146. The smallest absolute Gasteiger partial charge is 0.246 e. The van der Waals surface area contributed by atoms with Gasteiger partial charge in [0.2, 0.25) is 17.7 Å². The van der Waals surface area contributed by atoms with E-state index < -0.39 is 0 Å². The van der Waals surface area contributed by atoms with Gasteiger partial charge in [0.25, 0.3) is 0 Å². The van der Waals surface area contributed by atoms with Gasteiger partial charge in [0.15, 0.2) is 6.10 Å². The third kappa shape index (κ3) is 3.21. The second kappa shape index (κ2) is 6.82. The first-order valence-electron chi connectivity index (χ1n) is 9.41. The minimum atomic E-state index is -0.282. The summed E-state index contributed by atoms with van der Waals surface area (Å²) in [6, 6.07) is 0. The van der Waals surface area contributed by atoms with E-state index in [0.29, 0.717) is 37.4 Å². The van der Waals surface area contributed by atoms with E-state index in [1.807, 2.05) is 4.90 Å². The number of amides is 1. The highest BCUT2D eigenvalue weighted by Gasteiger charge is 2.38. The zero-order chi connectivity index (χ0) is 16.5. The second-order valence-corrected chi connectivity index (χ2v) is 7.62. The Bertz CT molecular complexity index is 588. The van der Waals surface area contributed by atoms with Crippen LogP contribution in [0.25, 0.3) is 0 Å². The number of aromatic nitrogens is 2. The molecule has 0 aromatic carbocycles. The molecule has 4 rings (SSSR count). The number of nitrogens with zero attached hydrogens (tertiary/aromatic N) is 3. The third-order valence-corrected chi connectivity index (χ3v) is 6.08. The van der Waals surface area contributed by atoms with Crippen LogP contribution >= 0.6 is 0 Å². The molecule has 3 fully saturated rings. The number of aryl methyl sites for hydroxylation is 1. The van der Waals surface area contributed by atoms with E-state index in [0.717, 1.165) is 24.7 Å². The van der Waals surface area contributed by atoms with E-state index in [1.54, 1.807) is 6.92 Å². The van der Waals surface area contributed by atoms with Crippen LogP contribution in [0.5, 0.6) is 0 Å². The van der Waals surface area contributed by atoms with E-state index in [-0.39, 0.29) is 12.0 Å². The number of hydrogen-bond acceptors (Lipinski definition) is 5. The Morgan fingerprint density at radius 3 is 2.75 bits per heavy atom. The van der Waals surface area contributed by atoms with Crippen LogP contribution in [0.4, 0.5) is 0 Å². The fourth-order valence-electron chi connectivity index (χ4n) is 4.80. The van der Waals surface area contributed by atoms with Crippen molar-refractivity contribution in [2.75, 3.05) is 19.7 Å². The molecule has 2 saturated carbocycles. The molecule has 0 radical (unpaired) electrons. The van der Waals surface area contributed by atoms with Crippen molar-refractivity contribution in [3.8, 4) is 0 Å². The molecule has 0 bridgehead atoms. The average molecular weight is 333 g/mol. The summed E-state index contributed by atoms with van der Waals surface area (Å²) in [4.78, 5) is 15.0. The Kier molecular flexibility index (Phi) is 4.57. The first kappa shape index (κ1) is 16.1. The first-order chi connectivity index (χ1) is 11.7. The van der Waals surface area contributed by atoms with Crippen molar-refractivity contribution >= 4 is 5.91 Å². The summed E-state index contributed by atoms with van der Waals surface area (Å²) in [7, 11) is 0. The Labute approximate surface area is 142 Å². The summed E-state index contributed by atoms with van der Waals surface area (Å²) >= 11 is 0. The molecule has 1 aromatic rings. The summed E-state index contributed by atoms with van der Waals surface area (Å²) in [5.74, 6) is 3.18. The van der Waals surface area contributed by atoms with Crippen molar-refractivity contribution in [1.29, 1.82) is 0 Å². The maximum Gasteiger partial charge on any atom is 0.246 e. The number of hydrogen-bond donors (Lipinski definition) is 0. The molecular weight excluding hydrogens is 306 g/mol. The molecule has 1 amide bonds. The lowest BCUT2D eigenvalue weighted by Crippen LogP contribution is -2.46. The van der Waals surface area contributed by atoms with Crippen molar-refractivity contribution in [3.05, 3.63) is 11.8 Å². The summed E-state index contributed by atoms with van der Waals surface area (Å²) in [5.41, 5.74) is 0. The van der Waals surface area contributed by atoms with E-state index in [2.05, 4.69) is 10.2 Å². The zero-order valence-electron chi connectivity index (χ0n) is 14.4. The maximum atomic E-state index is 13.0. The number of fused-ring (bicyclic) bond motifs is 1. The quantitative estimate of drug-likeness (QED) is 0.832. The van der Waals surface area contributed by atoms with Crippen LogP contribution in [-0.2, 0) is 9.53 Å². The molecule has 1 aliphatic heterocycles. The van der Waals surface area contributed by atoms with Crippen molar-refractivity contribution in [2.45, 2.75) is 58.0 Å². The number of rotatable bonds is 2. The highest BCUT2D eigenvalue weighted by Crippen LogP contribution is 2.43. The fourth-order valence-corrected chi connectivity index (χ4v) is 4.80. The molecule has 6 heteroatoms. The van der Waals surface area contributed by atoms with E-state index in [9.17, 15) is 4.79 Å². The predicted molar refractivity (Wildman–Crippen MR) is 87.1 cm³/mol. The van der Waals surface area contributed by atoms with Crippen LogP contribution in [0, 0.1) is 24.7 Å². The van der Waals surface area contributed by atoms with E-state index in [1.165, 1.54) is 32.1 Å². The molecule has 0 N–H and O–H groups in total. The number of morpholine rings is 1. The predicted octanol–water partition coefficient (Wildman–Crippen LogP) is 2.88. The number of carbonyl (C=O) groups excluding carboxylic acids is 1. The Balaban J connectivity index is 1.38. The van der Waals surface area contributed by atoms with Crippen LogP contribution in [0.2, 0.25) is 0 Å². The SMILES string of the molecule is Cc1nnc([C@@H]2CN(C(=O)[C@@H]3CC[C@@H]4CCCC[C@H]4C3)CCO2)o1. The average Bonchev–Trinajstić information content (AvgIpc) is 3.07. The van der Waals surface area contributed by atoms with Crippen molar-refractivity contribution in [2.24, 2.45) is 17.8 Å². The fraction of sp³-hybridized carbons (Fsp3) is 0.833. The van der Waals surface area contributed by atoms with Gasteiger partial charge in [-0.05, 0) is 31.1 Å². The van der Waals surface area contributed by atoms with Gasteiger partial charge >= 0.3 is 0 Å². The Morgan fingerprint density at radius 1 is 1.12 bits per heavy atom. The van der Waals surface area contributed by atoms with Gasteiger partial charge in [-0.25, -0.2) is 0 Å². The van der Waals surface area contributed by atoms with Crippen LogP contribution in [0.1, 0.15) is 62.8 Å². The summed E-state index contributed by atoms with van der Waals surface area (Å²) in [5, 5.41) is 7.92. The van der Waals surface area contributed by atoms with Gasteiger partial charge in [-0.3, -0.25) is 4.79 Å². The number of ether oxygens (including phenoxy) is 1. The minimum absolute atomic E-state index is 0.201. The maximum absolute atomic E-state index is 13.0. The van der Waals surface area contributed by atoms with Crippen molar-refractivity contribution in [1.82, 2.24) is 15.1 Å². The second-order valence-electron chi connectivity index (χ2n) is 7.62. The van der Waals surface area contributed by atoms with Gasteiger partial charge in [-0.1, -0.05) is 25.7 Å². The van der Waals surface area contributed by atoms with Crippen LogP contribution < -0.4 is 0 Å². The number of carbonyl (C=O) groups is 1. The molecule has 3 aliphatic rings. The third-order valence-electron chi connectivity index (χ3n) is 6.08. The first-order valence-corrected chi connectivity index (χ1v) is 9.41. The van der Waals surface area contributed by atoms with E-state index in [4.69, 9.17) is 9.15 Å². The van der Waals surface area contributed by atoms with Crippen LogP contribution in [0.3, 0.4) is 0 Å². The summed E-state index contributed by atoms with van der Waals surface area (Å²) in [6.07, 6.45) is 8.52. The van der Waals surface area contributed by atoms with Crippen molar-refractivity contribution < 1.29 is 13.9 Å². The van der Waals surface area contributed by atoms with Crippen LogP contribution in [0.15, 0.2) is 4.42 Å². The topological polar surface area (TPSA) is 68.5 Å². The molecule has 4 atom stereocenters. The Morgan fingerprint density at radius 2 is 1.96 bits per heavy atom. The van der Waals surface area contributed by atoms with Gasteiger partial charge < -0.3 is 14.1 Å². The molecule has 1 saturated heterocycles. The van der Waals surface area contributed by atoms with Gasteiger partial charge in [0.05, 0.1) is 13.2 Å². The normalized spacial score (nSPS) is 34.0. The lowest BCUT2D eigenvalue weighted by Gasteiger charge is -2.41. The molecule has 132 valence electrons. The highest BCUT2D eigenvalue weighted by atomic mass is 16.5. The molecule has 1 aromatic heterocycles. The standard InChI is InChI=1S/C18H27N3O3/c1-12-19-20-17(24-12)16-11-21(8-9-23-16)18(22)15-7-6-13-4-2-3-5-14(13)10-15/h13-16H,2-11H2,1H3/t13-,14-,15+,16-/m0/s1. The monoisotopic (exact) mass is 333 g/mol. The minimum Gasteiger partial charge on any atom is -0.423 e.